The highest BCUT2D eigenvalue weighted by Gasteiger charge is 2.27. The summed E-state index contributed by atoms with van der Waals surface area (Å²) in [6.07, 6.45) is 15.8. The summed E-state index contributed by atoms with van der Waals surface area (Å²) in [5.74, 6) is -1.13. The van der Waals surface area contributed by atoms with Crippen molar-refractivity contribution in [3.63, 3.8) is 0 Å². The zero-order chi connectivity index (χ0) is 27.1. The molecule has 0 aliphatic carbocycles. The Labute approximate surface area is 215 Å². The number of ether oxygens (including phenoxy) is 2. The largest absolute Gasteiger partial charge is 0.472 e. The number of aliphatic hydroxyl groups excluding tert-OH is 2. The van der Waals surface area contributed by atoms with Crippen LogP contribution in [0.5, 0.6) is 0 Å². The number of esters is 2. The number of allylic oxidation sites excluding steroid dienone is 4. The predicted octanol–water partition coefficient (Wildman–Crippen LogP) is 4.37. The molecule has 11 heteroatoms. The Bertz CT molecular complexity index is 680. The van der Waals surface area contributed by atoms with Gasteiger partial charge in [0.15, 0.2) is 0 Å². The Hall–Kier alpha value is -1.55. The molecular weight excluding hydrogens is 491 g/mol. The van der Waals surface area contributed by atoms with Crippen molar-refractivity contribution in [2.45, 2.75) is 96.7 Å². The first-order valence-electron chi connectivity index (χ1n) is 12.8. The van der Waals surface area contributed by atoms with Gasteiger partial charge in [0.05, 0.1) is 26.4 Å². The van der Waals surface area contributed by atoms with Crippen molar-refractivity contribution < 1.29 is 47.8 Å². The minimum atomic E-state index is -4.59. The van der Waals surface area contributed by atoms with Gasteiger partial charge in [0, 0.05) is 12.8 Å². The molecule has 0 aliphatic heterocycles. The van der Waals surface area contributed by atoms with Crippen LogP contribution in [0.4, 0.5) is 0 Å². The van der Waals surface area contributed by atoms with Crippen molar-refractivity contribution in [1.82, 2.24) is 0 Å². The standard InChI is InChI=1S/C25H45O10P/c1-3-5-6-7-8-9-10-11-12-13-14-15-16-17-25(29)35-23(19-27)21-33-36(30,31)32-20-22(18-26)34-24(28)4-2/h6-7,9-10,22-23,26-27H,3-5,8,11-21H2,1-2H3,(H,30,31)/b7-6-,10-9-. The number of carbonyl (C=O) groups is 2. The summed E-state index contributed by atoms with van der Waals surface area (Å²) in [6.45, 7) is 1.40. The Morgan fingerprint density at radius 3 is 1.86 bits per heavy atom. The number of carbonyl (C=O) groups excluding carboxylic acids is 2. The summed E-state index contributed by atoms with van der Waals surface area (Å²) < 4.78 is 31.3. The highest BCUT2D eigenvalue weighted by molar-refractivity contribution is 7.47. The van der Waals surface area contributed by atoms with E-state index >= 15 is 0 Å². The molecule has 36 heavy (non-hydrogen) atoms. The van der Waals surface area contributed by atoms with Crippen LogP contribution in [0, 0.1) is 0 Å². The average molecular weight is 537 g/mol. The van der Waals surface area contributed by atoms with Gasteiger partial charge in [0.2, 0.25) is 0 Å². The van der Waals surface area contributed by atoms with E-state index < -0.39 is 58.4 Å². The normalized spacial score (nSPS) is 15.1. The van der Waals surface area contributed by atoms with E-state index in [9.17, 15) is 24.2 Å². The first-order valence-corrected chi connectivity index (χ1v) is 14.3. The molecule has 0 rings (SSSR count). The van der Waals surface area contributed by atoms with Gasteiger partial charge in [-0.3, -0.25) is 18.6 Å². The van der Waals surface area contributed by atoms with Crippen LogP contribution >= 0.6 is 7.82 Å². The van der Waals surface area contributed by atoms with Gasteiger partial charge in [-0.25, -0.2) is 4.57 Å². The molecule has 0 saturated heterocycles. The smallest absolute Gasteiger partial charge is 0.457 e. The van der Waals surface area contributed by atoms with Gasteiger partial charge in [0.25, 0.3) is 0 Å². The van der Waals surface area contributed by atoms with Crippen molar-refractivity contribution in [2.24, 2.45) is 0 Å². The van der Waals surface area contributed by atoms with Crippen molar-refractivity contribution in [3.8, 4) is 0 Å². The number of rotatable bonds is 23. The first kappa shape index (κ1) is 34.5. The van der Waals surface area contributed by atoms with Gasteiger partial charge >= 0.3 is 19.8 Å². The minimum Gasteiger partial charge on any atom is -0.457 e. The monoisotopic (exact) mass is 536 g/mol. The van der Waals surface area contributed by atoms with E-state index in [1.807, 2.05) is 0 Å². The Balaban J connectivity index is 4.00. The van der Waals surface area contributed by atoms with E-state index in [1.54, 1.807) is 6.92 Å². The van der Waals surface area contributed by atoms with Gasteiger partial charge < -0.3 is 24.6 Å². The molecule has 0 radical (unpaired) electrons. The molecule has 3 unspecified atom stereocenters. The molecular formula is C25H45O10P. The topological polar surface area (TPSA) is 149 Å². The van der Waals surface area contributed by atoms with E-state index in [4.69, 9.17) is 23.6 Å². The van der Waals surface area contributed by atoms with Gasteiger partial charge in [0.1, 0.15) is 12.2 Å². The third-order valence-electron chi connectivity index (χ3n) is 4.95. The fraction of sp³-hybridized carbons (Fsp3) is 0.760. The Kier molecular flexibility index (Phi) is 21.7. The molecule has 10 nitrogen and oxygen atoms in total. The SMILES string of the molecule is CCC/C=C\C/C=C\CCCCCCCC(=O)OC(CO)COP(=O)(O)OCC(CO)OC(=O)CC. The number of phosphoric ester groups is 1. The molecule has 0 fully saturated rings. The lowest BCUT2D eigenvalue weighted by atomic mass is 10.1. The van der Waals surface area contributed by atoms with Crippen LogP contribution in [0.25, 0.3) is 0 Å². The highest BCUT2D eigenvalue weighted by Crippen LogP contribution is 2.43. The molecule has 0 saturated carbocycles. The summed E-state index contributed by atoms with van der Waals surface area (Å²) in [4.78, 5) is 32.9. The molecule has 0 aromatic rings. The summed E-state index contributed by atoms with van der Waals surface area (Å²) in [6, 6.07) is 0. The highest BCUT2D eigenvalue weighted by atomic mass is 31.2. The fourth-order valence-corrected chi connectivity index (χ4v) is 3.67. The average Bonchev–Trinajstić information content (AvgIpc) is 2.86. The van der Waals surface area contributed by atoms with Crippen LogP contribution < -0.4 is 0 Å². The third-order valence-corrected chi connectivity index (χ3v) is 5.90. The van der Waals surface area contributed by atoms with E-state index in [2.05, 4.69) is 31.2 Å². The van der Waals surface area contributed by atoms with Crippen molar-refractivity contribution in [2.75, 3.05) is 26.4 Å². The first-order chi connectivity index (χ1) is 17.3. The van der Waals surface area contributed by atoms with Crippen LogP contribution in [0.15, 0.2) is 24.3 Å². The van der Waals surface area contributed by atoms with Gasteiger partial charge in [-0.05, 0) is 32.1 Å². The molecule has 210 valence electrons. The quantitative estimate of drug-likeness (QED) is 0.0744. The molecule has 0 heterocycles. The van der Waals surface area contributed by atoms with E-state index in [-0.39, 0.29) is 12.8 Å². The third kappa shape index (κ3) is 20.6. The van der Waals surface area contributed by atoms with Crippen molar-refractivity contribution >= 4 is 19.8 Å². The zero-order valence-corrected chi connectivity index (χ0v) is 22.6. The number of phosphoric acid groups is 1. The molecule has 0 spiro atoms. The van der Waals surface area contributed by atoms with Crippen LogP contribution in [0.2, 0.25) is 0 Å². The lowest BCUT2D eigenvalue weighted by molar-refractivity contribution is -0.153. The van der Waals surface area contributed by atoms with Crippen molar-refractivity contribution in [3.05, 3.63) is 24.3 Å². The second kappa shape index (κ2) is 22.6. The minimum absolute atomic E-state index is 0.0718. The predicted molar refractivity (Wildman–Crippen MR) is 136 cm³/mol. The van der Waals surface area contributed by atoms with Gasteiger partial charge in [-0.1, -0.05) is 63.8 Å². The van der Waals surface area contributed by atoms with Crippen LogP contribution in [-0.2, 0) is 32.7 Å². The van der Waals surface area contributed by atoms with Gasteiger partial charge in [-0.2, -0.15) is 0 Å². The summed E-state index contributed by atoms with van der Waals surface area (Å²) in [5, 5.41) is 18.5. The number of hydrogen-bond acceptors (Lipinski definition) is 9. The molecule has 3 atom stereocenters. The number of hydrogen-bond donors (Lipinski definition) is 3. The second-order valence-electron chi connectivity index (χ2n) is 8.28. The summed E-state index contributed by atoms with van der Waals surface area (Å²) >= 11 is 0. The fourth-order valence-electron chi connectivity index (χ4n) is 2.89. The molecule has 0 aliphatic rings. The molecule has 0 aromatic carbocycles. The molecule has 3 N–H and O–H groups in total. The summed E-state index contributed by atoms with van der Waals surface area (Å²) in [5.41, 5.74) is 0. The summed E-state index contributed by atoms with van der Waals surface area (Å²) in [7, 11) is -4.59. The van der Waals surface area contributed by atoms with E-state index in [1.165, 1.54) is 6.42 Å². The lowest BCUT2D eigenvalue weighted by Gasteiger charge is -2.20. The van der Waals surface area contributed by atoms with Crippen LogP contribution in [0.3, 0.4) is 0 Å². The maximum atomic E-state index is 12.0. The maximum absolute atomic E-state index is 12.0. The van der Waals surface area contributed by atoms with E-state index in [0.717, 1.165) is 44.9 Å². The Morgan fingerprint density at radius 1 is 0.778 bits per heavy atom. The zero-order valence-electron chi connectivity index (χ0n) is 21.7. The molecule has 0 bridgehead atoms. The second-order valence-corrected chi connectivity index (χ2v) is 9.73. The van der Waals surface area contributed by atoms with Crippen LogP contribution in [-0.4, -0.2) is 65.7 Å². The molecule has 0 aromatic heterocycles. The lowest BCUT2D eigenvalue weighted by Crippen LogP contribution is -2.28. The Morgan fingerprint density at radius 2 is 1.31 bits per heavy atom. The number of aliphatic hydroxyl groups is 2. The van der Waals surface area contributed by atoms with E-state index in [0.29, 0.717) is 6.42 Å². The van der Waals surface area contributed by atoms with Gasteiger partial charge in [-0.15, -0.1) is 0 Å². The molecule has 0 amide bonds. The van der Waals surface area contributed by atoms with Crippen LogP contribution in [0.1, 0.15) is 84.5 Å². The maximum Gasteiger partial charge on any atom is 0.472 e. The number of unbranched alkanes of at least 4 members (excludes halogenated alkanes) is 6. The van der Waals surface area contributed by atoms with Crippen molar-refractivity contribution in [1.29, 1.82) is 0 Å².